The van der Waals surface area contributed by atoms with E-state index in [9.17, 15) is 28.8 Å². The maximum atomic E-state index is 12.2. The number of carbonyl (C=O) groups is 4. The van der Waals surface area contributed by atoms with Crippen LogP contribution >= 0.6 is 11.8 Å². The van der Waals surface area contributed by atoms with Gasteiger partial charge in [-0.2, -0.15) is 4.57 Å². The van der Waals surface area contributed by atoms with Crippen LogP contribution in [0.5, 0.6) is 5.75 Å². The number of hydrogen-bond donors (Lipinski definition) is 3. The molecule has 0 saturated carbocycles. The Morgan fingerprint density at radius 2 is 1.93 bits per heavy atom. The summed E-state index contributed by atoms with van der Waals surface area (Å²) < 4.78 is 5.63. The highest BCUT2D eigenvalue weighted by molar-refractivity contribution is 8.15. The van der Waals surface area contributed by atoms with E-state index in [0.717, 1.165) is 17.8 Å². The summed E-state index contributed by atoms with van der Waals surface area (Å²) >= 11 is 0.893. The maximum Gasteiger partial charge on any atom is 0.336 e. The highest BCUT2D eigenvalue weighted by atomic mass is 32.2. The molecule has 1 saturated heterocycles. The summed E-state index contributed by atoms with van der Waals surface area (Å²) in [5.74, 6) is -2.07. The van der Waals surface area contributed by atoms with Gasteiger partial charge in [-0.3, -0.25) is 29.3 Å². The van der Waals surface area contributed by atoms with E-state index in [0.29, 0.717) is 10.1 Å². The van der Waals surface area contributed by atoms with Gasteiger partial charge in [-0.15, -0.1) is 0 Å². The molecule has 1 fully saturated rings. The van der Waals surface area contributed by atoms with Gasteiger partial charge < -0.3 is 15.5 Å². The highest BCUT2D eigenvalue weighted by Gasteiger charge is 2.31. The fourth-order valence-corrected chi connectivity index (χ4v) is 3.44. The van der Waals surface area contributed by atoms with Gasteiger partial charge in [0.15, 0.2) is 6.61 Å². The first-order valence-electron chi connectivity index (χ1n) is 8.17. The molecule has 3 amide bonds. The van der Waals surface area contributed by atoms with Crippen LogP contribution < -0.4 is 27.0 Å². The smallest absolute Gasteiger partial charge is 0.336 e. The van der Waals surface area contributed by atoms with Crippen molar-refractivity contribution in [2.45, 2.75) is 11.7 Å². The number of nitrogens with one attached hydrogen (secondary N) is 2. The Morgan fingerprint density at radius 1 is 1.17 bits per heavy atom. The zero-order valence-corrected chi connectivity index (χ0v) is 15.5. The molecular formula is C17H14N4O7S. The number of aromatic amines is 1. The molecule has 1 aromatic carbocycles. The number of ether oxygens (including phenoxy) is 1. The molecule has 11 nitrogen and oxygen atoms in total. The van der Waals surface area contributed by atoms with Crippen LogP contribution in [0.25, 0.3) is 0 Å². The molecule has 2 heterocycles. The first-order chi connectivity index (χ1) is 13.7. The summed E-state index contributed by atoms with van der Waals surface area (Å²) in [5, 5.41) is 1.24. The van der Waals surface area contributed by atoms with Crippen molar-refractivity contribution in [3.63, 3.8) is 0 Å². The van der Waals surface area contributed by atoms with E-state index in [1.54, 1.807) is 24.3 Å². The summed E-state index contributed by atoms with van der Waals surface area (Å²) in [6.45, 7) is -0.625. The second-order valence-corrected chi connectivity index (χ2v) is 7.12. The van der Waals surface area contributed by atoms with Gasteiger partial charge in [-0.1, -0.05) is 23.9 Å². The number of primary amides is 1. The lowest BCUT2D eigenvalue weighted by atomic mass is 10.1. The Hall–Kier alpha value is -3.67. The van der Waals surface area contributed by atoms with Gasteiger partial charge in [0, 0.05) is 6.07 Å². The third-order valence-corrected chi connectivity index (χ3v) is 4.88. The van der Waals surface area contributed by atoms with Gasteiger partial charge in [0.25, 0.3) is 22.6 Å². The second-order valence-electron chi connectivity index (χ2n) is 5.94. The molecule has 1 aromatic heterocycles. The molecule has 1 aliphatic rings. The third kappa shape index (κ3) is 4.60. The van der Waals surface area contributed by atoms with E-state index in [-0.39, 0.29) is 18.1 Å². The number of rotatable bonds is 6. The van der Waals surface area contributed by atoms with E-state index in [2.05, 4.69) is 5.32 Å². The van der Waals surface area contributed by atoms with Gasteiger partial charge in [0.1, 0.15) is 11.4 Å². The van der Waals surface area contributed by atoms with Crippen LogP contribution in [0.15, 0.2) is 39.9 Å². The van der Waals surface area contributed by atoms with Crippen molar-refractivity contribution in [1.82, 2.24) is 14.9 Å². The Bertz CT molecular complexity index is 1110. The van der Waals surface area contributed by atoms with Crippen LogP contribution in [0, 0.1) is 0 Å². The largest absolute Gasteiger partial charge is 0.484 e. The SMILES string of the molecule is NC(=O)c1cc(=O)n(C(=O)COc2cccc(CC3SC(=O)NC3=O)c2)c(=O)[nH]1. The van der Waals surface area contributed by atoms with Crippen molar-refractivity contribution in [3.05, 3.63) is 62.4 Å². The molecule has 0 radical (unpaired) electrons. The van der Waals surface area contributed by atoms with Crippen molar-refractivity contribution in [2.75, 3.05) is 6.61 Å². The van der Waals surface area contributed by atoms with Crippen LogP contribution in [0.3, 0.4) is 0 Å². The molecule has 1 atom stereocenters. The lowest BCUT2D eigenvalue weighted by molar-refractivity contribution is -0.118. The second kappa shape index (κ2) is 8.14. The number of thioether (sulfide) groups is 1. The number of carbonyl (C=O) groups excluding carboxylic acids is 4. The summed E-state index contributed by atoms with van der Waals surface area (Å²) in [7, 11) is 0. The number of hydrogen-bond acceptors (Lipinski definition) is 8. The van der Waals surface area contributed by atoms with Crippen LogP contribution in [0.4, 0.5) is 4.79 Å². The standard InChI is InChI=1S/C17H14N4O7S/c18-14(24)10-6-12(22)21(16(26)19-10)13(23)7-28-9-3-1-2-8(4-9)5-11-15(25)20-17(27)29-11/h1-4,6,11H,5,7H2,(H2,18,24)(H,19,26)(H,20,25,27). The first-order valence-corrected chi connectivity index (χ1v) is 9.05. The van der Waals surface area contributed by atoms with Gasteiger partial charge in [-0.25, -0.2) is 4.79 Å². The normalized spacial score (nSPS) is 15.8. The minimum atomic E-state index is -1.11. The minimum absolute atomic E-state index is 0.267. The Balaban J connectivity index is 1.69. The van der Waals surface area contributed by atoms with Crippen LogP contribution in [-0.4, -0.2) is 44.4 Å². The lowest BCUT2D eigenvalue weighted by Crippen LogP contribution is -2.43. The van der Waals surface area contributed by atoms with Gasteiger partial charge >= 0.3 is 5.69 Å². The number of aromatic nitrogens is 2. The molecular weight excluding hydrogens is 404 g/mol. The van der Waals surface area contributed by atoms with Gasteiger partial charge in [0.05, 0.1) is 5.25 Å². The zero-order valence-electron chi connectivity index (χ0n) is 14.7. The number of nitrogens with two attached hydrogens (primary N) is 1. The number of benzene rings is 1. The predicted octanol–water partition coefficient (Wildman–Crippen LogP) is -0.751. The molecule has 1 unspecified atom stereocenters. The van der Waals surface area contributed by atoms with Crippen LogP contribution in [-0.2, 0) is 11.2 Å². The maximum absolute atomic E-state index is 12.2. The van der Waals surface area contributed by atoms with E-state index in [4.69, 9.17) is 10.5 Å². The molecule has 0 spiro atoms. The van der Waals surface area contributed by atoms with Gasteiger partial charge in [-0.05, 0) is 24.1 Å². The zero-order chi connectivity index (χ0) is 21.1. The quantitative estimate of drug-likeness (QED) is 0.550. The minimum Gasteiger partial charge on any atom is -0.484 e. The number of H-pyrrole nitrogens is 1. The average Bonchev–Trinajstić information content (AvgIpc) is 2.96. The monoisotopic (exact) mass is 418 g/mol. The fourth-order valence-electron chi connectivity index (χ4n) is 2.58. The van der Waals surface area contributed by atoms with Crippen LogP contribution in [0.1, 0.15) is 20.8 Å². The fraction of sp³-hybridized carbons (Fsp3) is 0.176. The van der Waals surface area contributed by atoms with Crippen molar-refractivity contribution >= 4 is 34.7 Å². The third-order valence-electron chi connectivity index (χ3n) is 3.90. The number of nitrogens with zero attached hydrogens (tertiary/aromatic N) is 1. The molecule has 1 aliphatic heterocycles. The molecule has 0 aliphatic carbocycles. The summed E-state index contributed by atoms with van der Waals surface area (Å²) in [4.78, 5) is 72.0. The molecule has 3 rings (SSSR count). The Labute approximate surface area is 166 Å². The van der Waals surface area contributed by atoms with Crippen molar-refractivity contribution in [3.8, 4) is 5.75 Å². The molecule has 12 heteroatoms. The molecule has 4 N–H and O–H groups in total. The van der Waals surface area contributed by atoms with E-state index in [1.807, 2.05) is 4.98 Å². The Kier molecular flexibility index (Phi) is 5.64. The molecule has 29 heavy (non-hydrogen) atoms. The number of amides is 3. The van der Waals surface area contributed by atoms with Crippen molar-refractivity contribution in [1.29, 1.82) is 0 Å². The van der Waals surface area contributed by atoms with E-state index >= 15 is 0 Å². The molecule has 0 bridgehead atoms. The Morgan fingerprint density at radius 3 is 2.55 bits per heavy atom. The summed E-state index contributed by atoms with van der Waals surface area (Å²) in [6, 6.07) is 7.23. The summed E-state index contributed by atoms with van der Waals surface area (Å²) in [5.41, 5.74) is 3.15. The van der Waals surface area contributed by atoms with Crippen molar-refractivity contribution < 1.29 is 23.9 Å². The molecule has 150 valence electrons. The molecule has 2 aromatic rings. The van der Waals surface area contributed by atoms with E-state index < -0.39 is 45.9 Å². The average molecular weight is 418 g/mol. The number of imide groups is 1. The highest BCUT2D eigenvalue weighted by Crippen LogP contribution is 2.24. The van der Waals surface area contributed by atoms with E-state index in [1.165, 1.54) is 0 Å². The van der Waals surface area contributed by atoms with Gasteiger partial charge in [0.2, 0.25) is 5.91 Å². The topological polar surface area (TPSA) is 170 Å². The summed E-state index contributed by atoms with van der Waals surface area (Å²) in [6.07, 6.45) is 0.279. The first kappa shape index (κ1) is 20.1. The predicted molar refractivity (Wildman–Crippen MR) is 101 cm³/mol. The van der Waals surface area contributed by atoms with Crippen LogP contribution in [0.2, 0.25) is 0 Å². The lowest BCUT2D eigenvalue weighted by Gasteiger charge is -2.09. The van der Waals surface area contributed by atoms with Crippen molar-refractivity contribution in [2.24, 2.45) is 5.73 Å².